The van der Waals surface area contributed by atoms with Crippen molar-refractivity contribution in [2.24, 2.45) is 5.73 Å². The van der Waals surface area contributed by atoms with E-state index in [1.54, 1.807) is 0 Å². The Balaban J connectivity index is 2.27. The summed E-state index contributed by atoms with van der Waals surface area (Å²) in [6.45, 7) is -0.157. The third-order valence-electron chi connectivity index (χ3n) is 3.03. The maximum absolute atomic E-state index is 12.6. The summed E-state index contributed by atoms with van der Waals surface area (Å²) in [6, 6.07) is 3.86. The van der Waals surface area contributed by atoms with Gasteiger partial charge in [-0.3, -0.25) is 4.72 Å². The largest absolute Gasteiger partial charge is 0.478 e. The Kier molecular flexibility index (Phi) is 7.33. The number of methoxy groups -OCH3 is 1. The topological polar surface area (TPSA) is 127 Å². The van der Waals surface area contributed by atoms with Gasteiger partial charge < -0.3 is 15.6 Å². The number of sulfonamides is 1. The van der Waals surface area contributed by atoms with Crippen molar-refractivity contribution in [2.45, 2.75) is 16.0 Å². The maximum atomic E-state index is 12.6. The van der Waals surface area contributed by atoms with E-state index >= 15 is 0 Å². The van der Waals surface area contributed by atoms with Gasteiger partial charge in [-0.1, -0.05) is 29.3 Å². The average Bonchev–Trinajstić information content (AvgIpc) is 2.62. The van der Waals surface area contributed by atoms with Gasteiger partial charge in [0.1, 0.15) is 9.92 Å². The maximum Gasteiger partial charge on any atom is 0.264 e. The van der Waals surface area contributed by atoms with Gasteiger partial charge in [0.15, 0.2) is 0 Å². The normalized spacial score (nSPS) is 12.7. The molecule has 4 N–H and O–H groups in total. The van der Waals surface area contributed by atoms with Crippen molar-refractivity contribution in [3.05, 3.63) is 34.4 Å². The molecule has 0 radical (unpaired) electrons. The second-order valence-corrected chi connectivity index (χ2v) is 8.45. The summed E-state index contributed by atoms with van der Waals surface area (Å²) < 4.78 is 32.5. The van der Waals surface area contributed by atoms with Gasteiger partial charge in [0.2, 0.25) is 5.82 Å². The highest BCUT2D eigenvalue weighted by Gasteiger charge is 2.22. The quantitative estimate of drug-likeness (QED) is 0.533. The number of nitrogens with zero attached hydrogens (tertiary/aromatic N) is 2. The minimum atomic E-state index is -4.05. The van der Waals surface area contributed by atoms with Gasteiger partial charge in [0, 0.05) is 11.8 Å². The smallest absolute Gasteiger partial charge is 0.264 e. The monoisotopic (exact) mass is 438 g/mol. The highest BCUT2D eigenvalue weighted by atomic mass is 35.5. The second kappa shape index (κ2) is 9.07. The van der Waals surface area contributed by atoms with Crippen LogP contribution in [0.1, 0.15) is 0 Å². The summed E-state index contributed by atoms with van der Waals surface area (Å²) in [6.07, 6.45) is 1.37. The molecule has 26 heavy (non-hydrogen) atoms. The first-order valence-electron chi connectivity index (χ1n) is 7.15. The highest BCUT2D eigenvalue weighted by Crippen LogP contribution is 2.31. The predicted octanol–water partition coefficient (Wildman–Crippen LogP) is 2.00. The number of benzene rings is 1. The minimum absolute atomic E-state index is 0.0192. The van der Waals surface area contributed by atoms with Crippen molar-refractivity contribution in [3.8, 4) is 5.88 Å². The first-order valence-corrected chi connectivity index (χ1v) is 10.4. The van der Waals surface area contributed by atoms with E-state index in [4.69, 9.17) is 38.8 Å². The molecule has 0 aliphatic heterocycles. The van der Waals surface area contributed by atoms with E-state index in [1.807, 2.05) is 0 Å². The fourth-order valence-corrected chi connectivity index (χ4v) is 4.29. The molecule has 2 aromatic rings. The van der Waals surface area contributed by atoms with Crippen molar-refractivity contribution in [2.75, 3.05) is 24.2 Å². The summed E-state index contributed by atoms with van der Waals surface area (Å²) >= 11 is 13.1. The third kappa shape index (κ3) is 5.12. The lowest BCUT2D eigenvalue weighted by atomic mass is 10.4. The number of hydrogen-bond donors (Lipinski definition) is 3. The number of aliphatic hydroxyl groups is 1. The Bertz CT molecular complexity index is 883. The van der Waals surface area contributed by atoms with Crippen LogP contribution in [0, 0.1) is 0 Å². The van der Waals surface area contributed by atoms with Crippen molar-refractivity contribution in [1.82, 2.24) is 9.97 Å². The molecule has 8 nitrogen and oxygen atoms in total. The molecule has 0 spiro atoms. The van der Waals surface area contributed by atoms with Crippen LogP contribution in [0.3, 0.4) is 0 Å². The van der Waals surface area contributed by atoms with Gasteiger partial charge in [0.05, 0.1) is 30.0 Å². The third-order valence-corrected chi connectivity index (χ3v) is 6.43. The van der Waals surface area contributed by atoms with Crippen LogP contribution in [0.2, 0.25) is 10.0 Å². The zero-order chi connectivity index (χ0) is 19.3. The first kappa shape index (κ1) is 21.0. The average molecular weight is 439 g/mol. The number of rotatable bonds is 8. The number of thioether (sulfide) groups is 1. The molecule has 0 amide bonds. The van der Waals surface area contributed by atoms with Crippen LogP contribution < -0.4 is 15.2 Å². The molecular formula is C14H16Cl2N4O4S2. The summed E-state index contributed by atoms with van der Waals surface area (Å²) in [5, 5.41) is 9.42. The number of halogens is 2. The van der Waals surface area contributed by atoms with Crippen LogP contribution in [0.15, 0.2) is 34.3 Å². The van der Waals surface area contributed by atoms with Crippen LogP contribution in [0.25, 0.3) is 0 Å². The van der Waals surface area contributed by atoms with Gasteiger partial charge in [-0.05, 0) is 12.1 Å². The molecule has 0 fully saturated rings. The summed E-state index contributed by atoms with van der Waals surface area (Å²) in [5.74, 6) is 0.297. The zero-order valence-corrected chi connectivity index (χ0v) is 16.7. The molecule has 0 saturated heterocycles. The van der Waals surface area contributed by atoms with E-state index in [2.05, 4.69) is 14.7 Å². The van der Waals surface area contributed by atoms with E-state index in [0.717, 1.165) is 0 Å². The van der Waals surface area contributed by atoms with Crippen molar-refractivity contribution in [1.29, 1.82) is 0 Å². The Morgan fingerprint density at radius 1 is 1.42 bits per heavy atom. The van der Waals surface area contributed by atoms with Gasteiger partial charge >= 0.3 is 0 Å². The molecule has 0 aliphatic carbocycles. The van der Waals surface area contributed by atoms with Crippen LogP contribution in [-0.4, -0.2) is 49.0 Å². The van der Waals surface area contributed by atoms with Gasteiger partial charge in [-0.25, -0.2) is 18.4 Å². The summed E-state index contributed by atoms with van der Waals surface area (Å²) in [5.41, 5.74) is 5.63. The second-order valence-electron chi connectivity index (χ2n) is 4.98. The van der Waals surface area contributed by atoms with Crippen LogP contribution in [0.5, 0.6) is 5.88 Å². The standard InChI is InChI=1S/C14H16Cl2N4O4S2/c1-24-14-13(18-5-11(19-14)25-7-8(17)6-21)20-26(22,23)10-4-2-3-9(15)12(10)16/h2-5,8,21H,6-7,17H2,1H3,(H,18,20)/t8-/m1/s1. The molecule has 0 bridgehead atoms. The number of nitrogens with two attached hydrogens (primary N) is 1. The molecule has 0 saturated carbocycles. The molecule has 1 aromatic heterocycles. The fraction of sp³-hybridized carbons (Fsp3) is 0.286. The molecule has 12 heteroatoms. The number of aliphatic hydroxyl groups excluding tert-OH is 1. The molecule has 1 aromatic carbocycles. The van der Waals surface area contributed by atoms with E-state index in [1.165, 1.54) is 43.3 Å². The fourth-order valence-electron chi connectivity index (χ4n) is 1.76. The van der Waals surface area contributed by atoms with Crippen LogP contribution in [0.4, 0.5) is 5.82 Å². The number of nitrogens with one attached hydrogen (secondary N) is 1. The van der Waals surface area contributed by atoms with E-state index in [-0.39, 0.29) is 33.2 Å². The lowest BCUT2D eigenvalue weighted by Gasteiger charge is -2.13. The SMILES string of the molecule is COc1nc(SC[C@H](N)CO)cnc1NS(=O)(=O)c1cccc(Cl)c1Cl. The summed E-state index contributed by atoms with van der Waals surface area (Å²) in [4.78, 5) is 8.02. The van der Waals surface area contributed by atoms with Crippen molar-refractivity contribution in [3.63, 3.8) is 0 Å². The Morgan fingerprint density at radius 3 is 2.81 bits per heavy atom. The Morgan fingerprint density at radius 2 is 2.15 bits per heavy atom. The molecule has 0 aliphatic rings. The lowest BCUT2D eigenvalue weighted by molar-refractivity contribution is 0.275. The van der Waals surface area contributed by atoms with Crippen LogP contribution >= 0.6 is 35.0 Å². The van der Waals surface area contributed by atoms with E-state index in [0.29, 0.717) is 10.8 Å². The molecule has 1 heterocycles. The highest BCUT2D eigenvalue weighted by molar-refractivity contribution is 7.99. The number of hydrogen-bond acceptors (Lipinski definition) is 8. The zero-order valence-electron chi connectivity index (χ0n) is 13.5. The first-order chi connectivity index (χ1) is 12.3. The summed E-state index contributed by atoms with van der Waals surface area (Å²) in [7, 11) is -2.71. The van der Waals surface area contributed by atoms with Gasteiger partial charge in [-0.15, -0.1) is 11.8 Å². The Hall–Kier alpha value is -1.30. The van der Waals surface area contributed by atoms with E-state index < -0.39 is 16.1 Å². The minimum Gasteiger partial charge on any atom is -0.478 e. The van der Waals surface area contributed by atoms with Crippen molar-refractivity contribution >= 4 is 50.8 Å². The number of anilines is 1. The van der Waals surface area contributed by atoms with Crippen molar-refractivity contribution < 1.29 is 18.3 Å². The predicted molar refractivity (Wildman–Crippen MR) is 102 cm³/mol. The molecular weight excluding hydrogens is 423 g/mol. The van der Waals surface area contributed by atoms with Gasteiger partial charge in [-0.2, -0.15) is 0 Å². The lowest BCUT2D eigenvalue weighted by Crippen LogP contribution is -2.26. The number of aromatic nitrogens is 2. The Labute approximate surface area is 165 Å². The molecule has 142 valence electrons. The van der Waals surface area contributed by atoms with E-state index in [9.17, 15) is 8.42 Å². The molecule has 2 rings (SSSR count). The molecule has 1 atom stereocenters. The van der Waals surface area contributed by atoms with Gasteiger partial charge in [0.25, 0.3) is 15.9 Å². The molecule has 0 unspecified atom stereocenters. The number of ether oxygens (including phenoxy) is 1. The van der Waals surface area contributed by atoms with Crippen LogP contribution in [-0.2, 0) is 10.0 Å².